The molecule has 0 saturated heterocycles. The average molecular weight is 330 g/mol. The lowest BCUT2D eigenvalue weighted by atomic mass is 10.1. The average Bonchev–Trinajstić information content (AvgIpc) is 2.38. The Morgan fingerprint density at radius 1 is 1.10 bits per heavy atom. The molecule has 0 heterocycles. The van der Waals surface area contributed by atoms with E-state index in [2.05, 4.69) is 0 Å². The molecule has 0 aliphatic carbocycles. The fourth-order valence-corrected chi connectivity index (χ4v) is 1.66. The number of hydrogen-bond donors (Lipinski definition) is 1. The molecule has 0 aliphatic rings. The summed E-state index contributed by atoms with van der Waals surface area (Å²) in [7, 11) is 2.83. The Kier molecular flexibility index (Phi) is 8.27. The van der Waals surface area contributed by atoms with Crippen LogP contribution in [0.15, 0.2) is 12.1 Å². The summed E-state index contributed by atoms with van der Waals surface area (Å²) in [4.78, 5) is 0. The van der Waals surface area contributed by atoms with Crippen LogP contribution in [-0.2, 0) is 6.42 Å². The van der Waals surface area contributed by atoms with E-state index >= 15 is 0 Å². The van der Waals surface area contributed by atoms with Crippen molar-refractivity contribution in [3.05, 3.63) is 17.7 Å². The molecule has 0 radical (unpaired) electrons. The first kappa shape index (κ1) is 19.7. The molecule has 2 N–H and O–H groups in total. The van der Waals surface area contributed by atoms with E-state index in [1.807, 2.05) is 0 Å². The van der Waals surface area contributed by atoms with Gasteiger partial charge in [-0.3, -0.25) is 0 Å². The standard InChI is InChI=1S/C13H18F3NO3.ClH/c1-18-10-7-9(3-5-17)8-11(19-2)12(10)20-6-4-13(14,15)16;/h7-8H,3-6,17H2,1-2H3;1H. The monoisotopic (exact) mass is 329 g/mol. The van der Waals surface area contributed by atoms with E-state index in [4.69, 9.17) is 19.9 Å². The Balaban J connectivity index is 0.00000400. The third kappa shape index (κ3) is 6.31. The Bertz CT molecular complexity index is 416. The molecule has 0 aliphatic heterocycles. The van der Waals surface area contributed by atoms with Crippen molar-refractivity contribution in [1.29, 1.82) is 0 Å². The van der Waals surface area contributed by atoms with Crippen LogP contribution in [0.25, 0.3) is 0 Å². The molecule has 122 valence electrons. The Morgan fingerprint density at radius 3 is 2.00 bits per heavy atom. The summed E-state index contributed by atoms with van der Waals surface area (Å²) < 4.78 is 51.8. The molecule has 0 atom stereocenters. The largest absolute Gasteiger partial charge is 0.493 e. The molecule has 1 rings (SSSR count). The van der Waals surface area contributed by atoms with Gasteiger partial charge in [-0.25, -0.2) is 0 Å². The van der Waals surface area contributed by atoms with Crippen molar-refractivity contribution in [2.24, 2.45) is 5.73 Å². The first-order chi connectivity index (χ1) is 9.41. The number of rotatable bonds is 7. The number of alkyl halides is 3. The van der Waals surface area contributed by atoms with Crippen molar-refractivity contribution in [1.82, 2.24) is 0 Å². The van der Waals surface area contributed by atoms with Gasteiger partial charge in [-0.2, -0.15) is 13.2 Å². The molecule has 0 unspecified atom stereocenters. The van der Waals surface area contributed by atoms with Gasteiger partial charge >= 0.3 is 6.18 Å². The summed E-state index contributed by atoms with van der Waals surface area (Å²) in [6.45, 7) is -0.0486. The maximum Gasteiger partial charge on any atom is 0.392 e. The Hall–Kier alpha value is -1.34. The van der Waals surface area contributed by atoms with E-state index in [1.54, 1.807) is 12.1 Å². The van der Waals surface area contributed by atoms with Gasteiger partial charge in [0.25, 0.3) is 0 Å². The van der Waals surface area contributed by atoms with Crippen LogP contribution >= 0.6 is 12.4 Å². The summed E-state index contributed by atoms with van der Waals surface area (Å²) in [6.07, 6.45) is -4.70. The molecule has 1 aromatic rings. The normalized spacial score (nSPS) is 10.8. The molecule has 8 heteroatoms. The highest BCUT2D eigenvalue weighted by atomic mass is 35.5. The quantitative estimate of drug-likeness (QED) is 0.835. The maximum atomic E-state index is 12.1. The molecule has 0 fully saturated rings. The molecule has 21 heavy (non-hydrogen) atoms. The number of nitrogens with two attached hydrogens (primary N) is 1. The van der Waals surface area contributed by atoms with Gasteiger partial charge < -0.3 is 19.9 Å². The highest BCUT2D eigenvalue weighted by Gasteiger charge is 2.27. The van der Waals surface area contributed by atoms with Crippen LogP contribution in [0.4, 0.5) is 13.2 Å². The second kappa shape index (κ2) is 8.84. The van der Waals surface area contributed by atoms with Crippen molar-refractivity contribution < 1.29 is 27.4 Å². The van der Waals surface area contributed by atoms with Crippen molar-refractivity contribution in [2.75, 3.05) is 27.4 Å². The maximum absolute atomic E-state index is 12.1. The Morgan fingerprint density at radius 2 is 1.62 bits per heavy atom. The van der Waals surface area contributed by atoms with Crippen LogP contribution < -0.4 is 19.9 Å². The molecule has 0 saturated carbocycles. The van der Waals surface area contributed by atoms with Crippen molar-refractivity contribution in [3.8, 4) is 17.2 Å². The zero-order chi connectivity index (χ0) is 15.2. The third-order valence-electron chi connectivity index (χ3n) is 2.59. The third-order valence-corrected chi connectivity index (χ3v) is 2.59. The molecule has 1 aromatic carbocycles. The number of ether oxygens (including phenoxy) is 3. The predicted octanol–water partition coefficient (Wildman–Crippen LogP) is 2.96. The van der Waals surface area contributed by atoms with Gasteiger partial charge in [-0.15, -0.1) is 12.4 Å². The van der Waals surface area contributed by atoms with Crippen LogP contribution in [0.5, 0.6) is 17.2 Å². The van der Waals surface area contributed by atoms with E-state index in [0.29, 0.717) is 24.5 Å². The number of benzene rings is 1. The van der Waals surface area contributed by atoms with Crippen molar-refractivity contribution in [2.45, 2.75) is 19.0 Å². The molecule has 0 amide bonds. The van der Waals surface area contributed by atoms with Crippen LogP contribution in [0.1, 0.15) is 12.0 Å². The van der Waals surface area contributed by atoms with Gasteiger partial charge in [0.2, 0.25) is 5.75 Å². The van der Waals surface area contributed by atoms with E-state index in [1.165, 1.54) is 14.2 Å². The summed E-state index contributed by atoms with van der Waals surface area (Å²) >= 11 is 0. The summed E-state index contributed by atoms with van der Waals surface area (Å²) in [5.74, 6) is 0.824. The van der Waals surface area contributed by atoms with Crippen molar-refractivity contribution in [3.63, 3.8) is 0 Å². The van der Waals surface area contributed by atoms with Gasteiger partial charge in [0.05, 0.1) is 27.2 Å². The van der Waals surface area contributed by atoms with E-state index in [-0.39, 0.29) is 18.2 Å². The fourth-order valence-electron chi connectivity index (χ4n) is 1.66. The number of methoxy groups -OCH3 is 2. The van der Waals surface area contributed by atoms with Crippen LogP contribution in [-0.4, -0.2) is 33.5 Å². The van der Waals surface area contributed by atoms with Gasteiger partial charge in [0, 0.05) is 0 Å². The summed E-state index contributed by atoms with van der Waals surface area (Å²) in [5, 5.41) is 0. The van der Waals surface area contributed by atoms with Crippen LogP contribution in [0, 0.1) is 0 Å². The van der Waals surface area contributed by atoms with E-state index in [9.17, 15) is 13.2 Å². The highest BCUT2D eigenvalue weighted by Crippen LogP contribution is 2.39. The zero-order valence-corrected chi connectivity index (χ0v) is 12.6. The lowest BCUT2D eigenvalue weighted by molar-refractivity contribution is -0.139. The minimum absolute atomic E-state index is 0. The van der Waals surface area contributed by atoms with E-state index < -0.39 is 19.2 Å². The summed E-state index contributed by atoms with van der Waals surface area (Å²) in [5.41, 5.74) is 6.34. The zero-order valence-electron chi connectivity index (χ0n) is 11.8. The van der Waals surface area contributed by atoms with Crippen LogP contribution in [0.3, 0.4) is 0 Å². The van der Waals surface area contributed by atoms with Crippen LogP contribution in [0.2, 0.25) is 0 Å². The second-order valence-corrected chi connectivity index (χ2v) is 4.08. The van der Waals surface area contributed by atoms with Gasteiger partial charge in [0.1, 0.15) is 0 Å². The van der Waals surface area contributed by atoms with Gasteiger partial charge in [-0.1, -0.05) is 0 Å². The summed E-state index contributed by atoms with van der Waals surface area (Å²) in [6, 6.07) is 3.36. The lowest BCUT2D eigenvalue weighted by Crippen LogP contribution is -2.13. The van der Waals surface area contributed by atoms with Crippen molar-refractivity contribution >= 4 is 12.4 Å². The van der Waals surface area contributed by atoms with Gasteiger partial charge in [-0.05, 0) is 30.7 Å². The highest BCUT2D eigenvalue weighted by molar-refractivity contribution is 5.85. The molecular formula is C13H19ClF3NO3. The molecule has 0 aromatic heterocycles. The lowest BCUT2D eigenvalue weighted by Gasteiger charge is -2.16. The first-order valence-corrected chi connectivity index (χ1v) is 6.05. The van der Waals surface area contributed by atoms with E-state index in [0.717, 1.165) is 5.56 Å². The topological polar surface area (TPSA) is 53.7 Å². The number of hydrogen-bond acceptors (Lipinski definition) is 4. The minimum Gasteiger partial charge on any atom is -0.493 e. The predicted molar refractivity (Wildman–Crippen MR) is 75.7 cm³/mol. The smallest absolute Gasteiger partial charge is 0.392 e. The molecular weight excluding hydrogens is 311 g/mol. The molecule has 4 nitrogen and oxygen atoms in total. The van der Waals surface area contributed by atoms with Gasteiger partial charge in [0.15, 0.2) is 11.5 Å². The second-order valence-electron chi connectivity index (χ2n) is 4.08. The number of halogens is 4. The first-order valence-electron chi connectivity index (χ1n) is 6.05. The minimum atomic E-state index is -4.26. The molecule has 0 spiro atoms. The molecule has 0 bridgehead atoms. The fraction of sp³-hybridized carbons (Fsp3) is 0.538. The SMILES string of the molecule is COc1cc(CCN)cc(OC)c1OCCC(F)(F)F.Cl. The Labute approximate surface area is 127 Å².